The second-order valence-corrected chi connectivity index (χ2v) is 5.43. The van der Waals surface area contributed by atoms with Crippen LogP contribution in [-0.4, -0.2) is 32.3 Å². The van der Waals surface area contributed by atoms with E-state index in [-0.39, 0.29) is 11.5 Å². The molecule has 0 N–H and O–H groups in total. The molecule has 0 saturated carbocycles. The second kappa shape index (κ2) is 4.36. The van der Waals surface area contributed by atoms with E-state index >= 15 is 0 Å². The molecule has 19 heavy (non-hydrogen) atoms. The zero-order chi connectivity index (χ0) is 13.6. The van der Waals surface area contributed by atoms with Gasteiger partial charge in [0.2, 0.25) is 5.95 Å². The lowest BCUT2D eigenvalue weighted by Crippen LogP contribution is -2.31. The van der Waals surface area contributed by atoms with E-state index in [1.165, 1.54) is 0 Å². The first-order chi connectivity index (χ1) is 9.09. The third-order valence-electron chi connectivity index (χ3n) is 3.68. The van der Waals surface area contributed by atoms with Crippen molar-refractivity contribution in [1.29, 1.82) is 0 Å². The van der Waals surface area contributed by atoms with Crippen molar-refractivity contribution in [3.05, 3.63) is 22.4 Å². The second-order valence-electron chi connectivity index (χ2n) is 5.43. The number of nitrogens with zero attached hydrogens (tertiary/aromatic N) is 5. The molecule has 1 fully saturated rings. The van der Waals surface area contributed by atoms with Gasteiger partial charge in [-0.1, -0.05) is 13.8 Å². The van der Waals surface area contributed by atoms with Crippen molar-refractivity contribution < 1.29 is 0 Å². The van der Waals surface area contributed by atoms with E-state index in [4.69, 9.17) is 0 Å². The third kappa shape index (κ3) is 1.82. The average Bonchev–Trinajstić information content (AvgIpc) is 3.01. The van der Waals surface area contributed by atoms with Crippen molar-refractivity contribution in [2.45, 2.75) is 32.6 Å². The van der Waals surface area contributed by atoms with Crippen LogP contribution in [0.25, 0.3) is 5.52 Å². The van der Waals surface area contributed by atoms with Gasteiger partial charge in [0.15, 0.2) is 5.52 Å². The topological polar surface area (TPSA) is 55.4 Å². The molecule has 1 saturated heterocycles. The molecule has 6 nitrogen and oxygen atoms in total. The van der Waals surface area contributed by atoms with Crippen molar-refractivity contribution in [3.63, 3.8) is 0 Å². The quantitative estimate of drug-likeness (QED) is 0.814. The Labute approximate surface area is 111 Å². The van der Waals surface area contributed by atoms with Gasteiger partial charge in [0.05, 0.1) is 6.20 Å². The average molecular weight is 261 g/mol. The highest BCUT2D eigenvalue weighted by Gasteiger charge is 2.20. The summed E-state index contributed by atoms with van der Waals surface area (Å²) in [6.45, 7) is 6.06. The van der Waals surface area contributed by atoms with E-state index in [1.54, 1.807) is 22.3 Å². The van der Waals surface area contributed by atoms with Gasteiger partial charge in [-0.3, -0.25) is 9.36 Å². The molecule has 0 spiro atoms. The molecule has 1 aliphatic heterocycles. The molecule has 0 atom stereocenters. The molecular formula is C13H19N5O. The van der Waals surface area contributed by atoms with Crippen molar-refractivity contribution >= 4 is 11.5 Å². The number of anilines is 1. The summed E-state index contributed by atoms with van der Waals surface area (Å²) in [6.07, 6.45) is 3.95. The van der Waals surface area contributed by atoms with Crippen LogP contribution in [0.4, 0.5) is 5.95 Å². The van der Waals surface area contributed by atoms with Crippen molar-refractivity contribution in [2.24, 2.45) is 7.05 Å². The maximum atomic E-state index is 12.4. The van der Waals surface area contributed by atoms with Crippen LogP contribution in [0.2, 0.25) is 0 Å². The molecule has 0 unspecified atom stereocenters. The van der Waals surface area contributed by atoms with Gasteiger partial charge in [-0.15, -0.1) is 5.10 Å². The van der Waals surface area contributed by atoms with Crippen molar-refractivity contribution in [1.82, 2.24) is 19.2 Å². The molecule has 3 heterocycles. The molecule has 3 rings (SSSR count). The molecular weight excluding hydrogens is 242 g/mol. The van der Waals surface area contributed by atoms with E-state index in [9.17, 15) is 4.79 Å². The van der Waals surface area contributed by atoms with Crippen LogP contribution >= 0.6 is 0 Å². The fraction of sp³-hybridized carbons (Fsp3) is 0.615. The summed E-state index contributed by atoms with van der Waals surface area (Å²) >= 11 is 0. The van der Waals surface area contributed by atoms with E-state index in [2.05, 4.69) is 28.8 Å². The lowest BCUT2D eigenvalue weighted by atomic mass is 10.2. The third-order valence-corrected chi connectivity index (χ3v) is 3.68. The largest absolute Gasteiger partial charge is 0.341 e. The van der Waals surface area contributed by atoms with Crippen LogP contribution < -0.4 is 10.5 Å². The van der Waals surface area contributed by atoms with Gasteiger partial charge >= 0.3 is 0 Å². The van der Waals surface area contributed by atoms with Crippen molar-refractivity contribution in [3.8, 4) is 0 Å². The first kappa shape index (κ1) is 12.2. The van der Waals surface area contributed by atoms with Gasteiger partial charge in [-0.25, -0.2) is 9.50 Å². The Morgan fingerprint density at radius 2 is 1.95 bits per heavy atom. The van der Waals surface area contributed by atoms with Gasteiger partial charge in [-0.2, -0.15) is 0 Å². The first-order valence-corrected chi connectivity index (χ1v) is 6.79. The maximum Gasteiger partial charge on any atom is 0.280 e. The van der Waals surface area contributed by atoms with Crippen LogP contribution in [0.5, 0.6) is 0 Å². The summed E-state index contributed by atoms with van der Waals surface area (Å²) in [5.74, 6) is 1.83. The highest BCUT2D eigenvalue weighted by Crippen LogP contribution is 2.18. The predicted octanol–water partition coefficient (Wildman–Crippen LogP) is 1.15. The Kier molecular flexibility index (Phi) is 2.80. The number of rotatable bonds is 2. The number of aromatic nitrogens is 4. The first-order valence-electron chi connectivity index (χ1n) is 6.79. The van der Waals surface area contributed by atoms with Gasteiger partial charge in [0.25, 0.3) is 5.56 Å². The van der Waals surface area contributed by atoms with Crippen LogP contribution in [0.3, 0.4) is 0 Å². The zero-order valence-electron chi connectivity index (χ0n) is 11.6. The Bertz CT molecular complexity index is 663. The molecule has 2 aromatic rings. The Balaban J connectivity index is 2.25. The minimum Gasteiger partial charge on any atom is -0.341 e. The van der Waals surface area contributed by atoms with Gasteiger partial charge in [0.1, 0.15) is 5.82 Å². The summed E-state index contributed by atoms with van der Waals surface area (Å²) in [6, 6.07) is 0. The van der Waals surface area contributed by atoms with E-state index < -0.39 is 0 Å². The monoisotopic (exact) mass is 261 g/mol. The molecule has 0 bridgehead atoms. The fourth-order valence-electron chi connectivity index (χ4n) is 2.62. The molecule has 102 valence electrons. The van der Waals surface area contributed by atoms with Gasteiger partial charge in [-0.05, 0) is 12.8 Å². The minimum absolute atomic E-state index is 0.0312. The SMILES string of the molecule is CC(C)c1ncc2c(=O)n(C)c(N3CCCC3)nn12. The van der Waals surface area contributed by atoms with Crippen molar-refractivity contribution in [2.75, 3.05) is 18.0 Å². The Morgan fingerprint density at radius 3 is 2.58 bits per heavy atom. The number of hydrogen-bond acceptors (Lipinski definition) is 4. The summed E-state index contributed by atoms with van der Waals surface area (Å²) in [5.41, 5.74) is 0.519. The van der Waals surface area contributed by atoms with Crippen LogP contribution in [0, 0.1) is 0 Å². The molecule has 0 aliphatic carbocycles. The minimum atomic E-state index is -0.0312. The normalized spacial score (nSPS) is 15.9. The standard InChI is InChI=1S/C13H19N5O/c1-9(2)11-14-8-10-12(19)16(3)13(15-18(10)11)17-6-4-5-7-17/h8-9H,4-7H2,1-3H3. The van der Waals surface area contributed by atoms with E-state index in [1.807, 2.05) is 0 Å². The summed E-state index contributed by atoms with van der Waals surface area (Å²) in [5, 5.41) is 4.64. The number of hydrogen-bond donors (Lipinski definition) is 0. The van der Waals surface area contributed by atoms with E-state index in [0.717, 1.165) is 37.7 Å². The van der Waals surface area contributed by atoms with E-state index in [0.29, 0.717) is 5.52 Å². The Morgan fingerprint density at radius 1 is 1.26 bits per heavy atom. The van der Waals surface area contributed by atoms with Gasteiger partial charge in [0, 0.05) is 26.1 Å². The molecule has 1 aliphatic rings. The number of fused-ring (bicyclic) bond motifs is 1. The highest BCUT2D eigenvalue weighted by molar-refractivity contribution is 5.46. The summed E-state index contributed by atoms with van der Waals surface area (Å²) < 4.78 is 3.34. The number of imidazole rings is 1. The Hall–Kier alpha value is -1.85. The fourth-order valence-corrected chi connectivity index (χ4v) is 2.62. The van der Waals surface area contributed by atoms with Crippen LogP contribution in [-0.2, 0) is 7.05 Å². The predicted molar refractivity (Wildman–Crippen MR) is 73.8 cm³/mol. The molecule has 0 amide bonds. The van der Waals surface area contributed by atoms with Crippen LogP contribution in [0.1, 0.15) is 38.4 Å². The molecule has 0 radical (unpaired) electrons. The molecule has 0 aromatic carbocycles. The lowest BCUT2D eigenvalue weighted by molar-refractivity contribution is 0.675. The molecule has 6 heteroatoms. The highest BCUT2D eigenvalue weighted by atomic mass is 16.1. The van der Waals surface area contributed by atoms with Crippen LogP contribution in [0.15, 0.2) is 11.0 Å². The maximum absolute atomic E-state index is 12.4. The van der Waals surface area contributed by atoms with Gasteiger partial charge < -0.3 is 4.90 Å². The molecule has 2 aromatic heterocycles. The zero-order valence-corrected chi connectivity index (χ0v) is 11.6. The summed E-state index contributed by atoms with van der Waals surface area (Å²) in [7, 11) is 1.78. The smallest absolute Gasteiger partial charge is 0.280 e. The lowest BCUT2D eigenvalue weighted by Gasteiger charge is -2.19. The summed E-state index contributed by atoms with van der Waals surface area (Å²) in [4.78, 5) is 18.9.